The van der Waals surface area contributed by atoms with Crippen molar-refractivity contribution in [3.63, 3.8) is 0 Å². The maximum Gasteiger partial charge on any atom is 0.115 e. The van der Waals surface area contributed by atoms with Gasteiger partial charge >= 0.3 is 0 Å². The van der Waals surface area contributed by atoms with Crippen molar-refractivity contribution < 1.29 is 5.11 Å². The summed E-state index contributed by atoms with van der Waals surface area (Å²) in [6.45, 7) is 3.88. The predicted molar refractivity (Wildman–Crippen MR) is 90.1 cm³/mol. The van der Waals surface area contributed by atoms with Gasteiger partial charge in [0, 0.05) is 18.5 Å². The Labute approximate surface area is 134 Å². The molecule has 0 bridgehead atoms. The Bertz CT molecular complexity index is 524. The van der Waals surface area contributed by atoms with Crippen LogP contribution in [0.1, 0.15) is 56.9 Å². The zero-order valence-corrected chi connectivity index (χ0v) is 13.6. The van der Waals surface area contributed by atoms with Crippen molar-refractivity contribution in [3.8, 4) is 5.75 Å². The molecule has 1 aliphatic heterocycles. The molecule has 2 atom stereocenters. The van der Waals surface area contributed by atoms with Crippen molar-refractivity contribution in [1.82, 2.24) is 4.90 Å². The van der Waals surface area contributed by atoms with Crippen LogP contribution in [0.4, 0.5) is 0 Å². The number of hydrogen-bond donors (Lipinski definition) is 1. The number of benzene rings is 1. The predicted octanol–water partition coefficient (Wildman–Crippen LogP) is 4.33. The molecular formula is C20H29NO. The highest BCUT2D eigenvalue weighted by molar-refractivity contribution is 5.35. The molecule has 4 rings (SSSR count). The van der Waals surface area contributed by atoms with E-state index in [4.69, 9.17) is 0 Å². The topological polar surface area (TPSA) is 23.5 Å². The van der Waals surface area contributed by atoms with Gasteiger partial charge < -0.3 is 10.0 Å². The second-order valence-corrected chi connectivity index (χ2v) is 7.96. The van der Waals surface area contributed by atoms with Gasteiger partial charge in [-0.1, -0.05) is 31.4 Å². The van der Waals surface area contributed by atoms with Crippen molar-refractivity contribution in [2.75, 3.05) is 19.6 Å². The van der Waals surface area contributed by atoms with E-state index in [0.717, 1.165) is 11.8 Å². The number of nitrogens with zero attached hydrogens (tertiary/aromatic N) is 1. The summed E-state index contributed by atoms with van der Waals surface area (Å²) in [4.78, 5) is 2.75. The summed E-state index contributed by atoms with van der Waals surface area (Å²) < 4.78 is 0. The van der Waals surface area contributed by atoms with E-state index < -0.39 is 0 Å². The summed E-state index contributed by atoms with van der Waals surface area (Å²) in [5.41, 5.74) is 1.74. The molecule has 1 heterocycles. The highest BCUT2D eigenvalue weighted by Gasteiger charge is 2.45. The fourth-order valence-electron chi connectivity index (χ4n) is 5.21. The SMILES string of the molecule is Oc1cccc(C23CCCCC2CN(CC2CCC2)CC3)c1. The number of rotatable bonds is 3. The van der Waals surface area contributed by atoms with E-state index in [1.165, 1.54) is 76.6 Å². The van der Waals surface area contributed by atoms with E-state index in [1.54, 1.807) is 0 Å². The molecule has 2 saturated carbocycles. The van der Waals surface area contributed by atoms with Crippen LogP contribution in [0.3, 0.4) is 0 Å². The lowest BCUT2D eigenvalue weighted by molar-refractivity contribution is 0.0393. The Kier molecular flexibility index (Phi) is 3.89. The van der Waals surface area contributed by atoms with Crippen molar-refractivity contribution >= 4 is 0 Å². The van der Waals surface area contributed by atoms with Crippen molar-refractivity contribution in [2.45, 2.75) is 56.8 Å². The molecule has 2 unspecified atom stereocenters. The largest absolute Gasteiger partial charge is 0.508 e. The molecule has 0 radical (unpaired) electrons. The molecule has 2 heteroatoms. The molecule has 2 nitrogen and oxygen atoms in total. The number of phenolic OH excluding ortho intramolecular Hbond substituents is 1. The van der Waals surface area contributed by atoms with Crippen molar-refractivity contribution in [3.05, 3.63) is 29.8 Å². The van der Waals surface area contributed by atoms with Gasteiger partial charge in [0.2, 0.25) is 0 Å². The van der Waals surface area contributed by atoms with Crippen LogP contribution in [-0.4, -0.2) is 29.6 Å². The normalized spacial score (nSPS) is 33.2. The number of fused-ring (bicyclic) bond motifs is 1. The van der Waals surface area contributed by atoms with Gasteiger partial charge in [0.25, 0.3) is 0 Å². The lowest BCUT2D eigenvalue weighted by Gasteiger charge is -2.52. The van der Waals surface area contributed by atoms with Gasteiger partial charge in [0.1, 0.15) is 5.75 Å². The molecule has 22 heavy (non-hydrogen) atoms. The lowest BCUT2D eigenvalue weighted by Crippen LogP contribution is -2.52. The van der Waals surface area contributed by atoms with Crippen LogP contribution in [-0.2, 0) is 5.41 Å². The van der Waals surface area contributed by atoms with Crippen molar-refractivity contribution in [2.24, 2.45) is 11.8 Å². The van der Waals surface area contributed by atoms with Crippen LogP contribution < -0.4 is 0 Å². The zero-order valence-electron chi connectivity index (χ0n) is 13.6. The quantitative estimate of drug-likeness (QED) is 0.898. The fourth-order valence-corrected chi connectivity index (χ4v) is 5.21. The Morgan fingerprint density at radius 2 is 2.00 bits per heavy atom. The molecule has 2 aliphatic carbocycles. The third-order valence-corrected chi connectivity index (χ3v) is 6.72. The zero-order chi connectivity index (χ0) is 15.0. The molecule has 3 aliphatic rings. The summed E-state index contributed by atoms with van der Waals surface area (Å²) in [6, 6.07) is 8.15. The van der Waals surface area contributed by atoms with Gasteiger partial charge in [-0.05, 0) is 68.2 Å². The molecule has 0 spiro atoms. The lowest BCUT2D eigenvalue weighted by atomic mass is 9.59. The van der Waals surface area contributed by atoms with Gasteiger partial charge in [-0.2, -0.15) is 0 Å². The van der Waals surface area contributed by atoms with E-state index in [2.05, 4.69) is 11.0 Å². The van der Waals surface area contributed by atoms with Crippen LogP contribution in [0.2, 0.25) is 0 Å². The highest BCUT2D eigenvalue weighted by Crippen LogP contribution is 2.49. The van der Waals surface area contributed by atoms with Gasteiger partial charge in [-0.3, -0.25) is 0 Å². The first kappa shape index (κ1) is 14.6. The minimum Gasteiger partial charge on any atom is -0.508 e. The number of phenols is 1. The number of aromatic hydroxyl groups is 1. The van der Waals surface area contributed by atoms with E-state index in [0.29, 0.717) is 11.2 Å². The summed E-state index contributed by atoms with van der Waals surface area (Å²) in [5, 5.41) is 9.93. The van der Waals surface area contributed by atoms with Crippen LogP contribution in [0, 0.1) is 11.8 Å². The molecule has 3 fully saturated rings. The molecule has 1 N–H and O–H groups in total. The molecule has 0 aromatic heterocycles. The maximum atomic E-state index is 9.93. The average Bonchev–Trinajstić information content (AvgIpc) is 2.51. The summed E-state index contributed by atoms with van der Waals surface area (Å²) in [6.07, 6.45) is 11.1. The first-order valence-electron chi connectivity index (χ1n) is 9.28. The molecule has 1 aromatic rings. The van der Waals surface area contributed by atoms with Crippen molar-refractivity contribution in [1.29, 1.82) is 0 Å². The molecular weight excluding hydrogens is 270 g/mol. The Hall–Kier alpha value is -1.02. The third kappa shape index (κ3) is 2.56. The Balaban J connectivity index is 1.55. The van der Waals surface area contributed by atoms with Gasteiger partial charge in [-0.15, -0.1) is 0 Å². The molecule has 0 amide bonds. The minimum atomic E-state index is 0.340. The average molecular weight is 299 g/mol. The van der Waals surface area contributed by atoms with Gasteiger partial charge in [-0.25, -0.2) is 0 Å². The summed E-state index contributed by atoms with van der Waals surface area (Å²) in [7, 11) is 0. The highest BCUT2D eigenvalue weighted by atomic mass is 16.3. The smallest absolute Gasteiger partial charge is 0.115 e. The molecule has 1 saturated heterocycles. The number of likely N-dealkylation sites (tertiary alicyclic amines) is 1. The van der Waals surface area contributed by atoms with Crippen LogP contribution in [0.25, 0.3) is 0 Å². The Morgan fingerprint density at radius 3 is 2.77 bits per heavy atom. The van der Waals surface area contributed by atoms with E-state index in [-0.39, 0.29) is 0 Å². The Morgan fingerprint density at radius 1 is 1.09 bits per heavy atom. The molecule has 1 aromatic carbocycles. The van der Waals surface area contributed by atoms with E-state index >= 15 is 0 Å². The maximum absolute atomic E-state index is 9.93. The van der Waals surface area contributed by atoms with Crippen LogP contribution in [0.5, 0.6) is 5.75 Å². The van der Waals surface area contributed by atoms with Crippen LogP contribution in [0.15, 0.2) is 24.3 Å². The first-order valence-corrected chi connectivity index (χ1v) is 9.28. The first-order chi connectivity index (χ1) is 10.8. The van der Waals surface area contributed by atoms with E-state index in [1.807, 2.05) is 18.2 Å². The summed E-state index contributed by atoms with van der Waals surface area (Å²) in [5.74, 6) is 2.21. The summed E-state index contributed by atoms with van der Waals surface area (Å²) >= 11 is 0. The third-order valence-electron chi connectivity index (χ3n) is 6.72. The second kappa shape index (κ2) is 5.88. The second-order valence-electron chi connectivity index (χ2n) is 7.96. The fraction of sp³-hybridized carbons (Fsp3) is 0.700. The van der Waals surface area contributed by atoms with Gasteiger partial charge in [0.15, 0.2) is 0 Å². The van der Waals surface area contributed by atoms with Crippen LogP contribution >= 0.6 is 0 Å². The minimum absolute atomic E-state index is 0.340. The molecule has 120 valence electrons. The standard InChI is InChI=1S/C20H29NO/c22-19-9-4-8-17(13-19)20-10-2-1-7-18(20)15-21(12-11-20)14-16-5-3-6-16/h4,8-9,13,16,18,22H,1-3,5-7,10-12,14-15H2. The number of hydrogen-bond acceptors (Lipinski definition) is 2. The number of piperidine rings is 1. The van der Waals surface area contributed by atoms with E-state index in [9.17, 15) is 5.11 Å². The monoisotopic (exact) mass is 299 g/mol. The van der Waals surface area contributed by atoms with Gasteiger partial charge in [0.05, 0.1) is 0 Å².